The number of imide groups is 1. The Morgan fingerprint density at radius 1 is 1.42 bits per heavy atom. The smallest absolute Gasteiger partial charge is 0.433 e. The van der Waals surface area contributed by atoms with Gasteiger partial charge in [0, 0.05) is 0 Å². The largest absolute Gasteiger partial charge is 0.548 e. The third-order valence-electron chi connectivity index (χ3n) is 3.25. The Bertz CT molecular complexity index is 724. The number of rotatable bonds is 6. The van der Waals surface area contributed by atoms with Crippen molar-refractivity contribution in [3.63, 3.8) is 0 Å². The second-order valence-corrected chi connectivity index (χ2v) is 5.29. The van der Waals surface area contributed by atoms with E-state index in [-0.39, 0.29) is 5.76 Å². The first-order valence-electron chi connectivity index (χ1n) is 6.85. The molecule has 0 saturated carbocycles. The van der Waals surface area contributed by atoms with Crippen molar-refractivity contribution >= 4 is 30.0 Å². The van der Waals surface area contributed by atoms with Gasteiger partial charge in [-0.25, -0.2) is 9.80 Å². The van der Waals surface area contributed by atoms with Gasteiger partial charge in [0.2, 0.25) is 0 Å². The summed E-state index contributed by atoms with van der Waals surface area (Å²) in [4.78, 5) is 45.7. The average molecular weight is 337 g/mol. The first-order chi connectivity index (χ1) is 11.2. The zero-order valence-corrected chi connectivity index (χ0v) is 12.7. The van der Waals surface area contributed by atoms with Gasteiger partial charge in [0.25, 0.3) is 5.91 Å². The molecule has 1 aliphatic heterocycles. The van der Waals surface area contributed by atoms with Crippen molar-refractivity contribution < 1.29 is 28.8 Å². The average Bonchev–Trinajstić information content (AvgIpc) is 3.05. The number of furan rings is 1. The van der Waals surface area contributed by atoms with Crippen LogP contribution in [0.4, 0.5) is 10.7 Å². The van der Waals surface area contributed by atoms with E-state index in [2.05, 4.69) is 5.10 Å². The lowest BCUT2D eigenvalue weighted by atomic mass is 10.0. The van der Waals surface area contributed by atoms with E-state index < -0.39 is 47.2 Å². The fourth-order valence-electron chi connectivity index (χ4n) is 2.18. The van der Waals surface area contributed by atoms with Gasteiger partial charge in [0.05, 0.1) is 24.3 Å². The highest BCUT2D eigenvalue weighted by atomic mass is 16.6. The summed E-state index contributed by atoms with van der Waals surface area (Å²) in [5.74, 6) is -3.32. The molecule has 11 heteroatoms. The van der Waals surface area contributed by atoms with Gasteiger partial charge in [-0.3, -0.25) is 19.8 Å². The second-order valence-electron chi connectivity index (χ2n) is 5.29. The molecular formula is C13H13N4O7-. The molecule has 0 aliphatic carbocycles. The highest BCUT2D eigenvalue weighted by molar-refractivity contribution is 6.05. The Balaban J connectivity index is 2.17. The number of hydrazone groups is 1. The number of carbonyl (C=O) groups excluding carboxylic acids is 3. The molecule has 0 radical (unpaired) electrons. The highest BCUT2D eigenvalue weighted by Gasteiger charge is 2.42. The van der Waals surface area contributed by atoms with E-state index in [4.69, 9.17) is 4.42 Å². The lowest BCUT2D eigenvalue weighted by molar-refractivity contribution is -0.402. The van der Waals surface area contributed by atoms with Crippen molar-refractivity contribution in [2.45, 2.75) is 19.9 Å². The Hall–Kier alpha value is -3.24. The van der Waals surface area contributed by atoms with Gasteiger partial charge in [-0.05, 0) is 12.0 Å². The first-order valence-corrected chi connectivity index (χ1v) is 6.85. The molecule has 1 aliphatic rings. The first kappa shape index (κ1) is 17.1. The summed E-state index contributed by atoms with van der Waals surface area (Å²) < 4.78 is 4.83. The summed E-state index contributed by atoms with van der Waals surface area (Å²) >= 11 is 0. The van der Waals surface area contributed by atoms with Gasteiger partial charge in [-0.2, -0.15) is 5.10 Å². The van der Waals surface area contributed by atoms with Crippen LogP contribution in [-0.4, -0.2) is 51.5 Å². The van der Waals surface area contributed by atoms with Crippen molar-refractivity contribution in [2.24, 2.45) is 11.0 Å². The van der Waals surface area contributed by atoms with Crippen LogP contribution in [0.3, 0.4) is 0 Å². The fraction of sp³-hybridized carbons (Fsp3) is 0.385. The summed E-state index contributed by atoms with van der Waals surface area (Å²) in [6, 6.07) is 0.0464. The molecule has 24 heavy (non-hydrogen) atoms. The van der Waals surface area contributed by atoms with Crippen molar-refractivity contribution in [3.8, 4) is 0 Å². The molecule has 2 rings (SSSR count). The van der Waals surface area contributed by atoms with Crippen LogP contribution in [0, 0.1) is 16.0 Å². The number of hydrogen-bond acceptors (Lipinski definition) is 8. The van der Waals surface area contributed by atoms with Gasteiger partial charge >= 0.3 is 11.9 Å². The number of carboxylic acids is 1. The van der Waals surface area contributed by atoms with Crippen molar-refractivity contribution in [2.75, 3.05) is 6.54 Å². The molecule has 1 fully saturated rings. The van der Waals surface area contributed by atoms with Crippen LogP contribution < -0.4 is 5.11 Å². The van der Waals surface area contributed by atoms with Gasteiger partial charge < -0.3 is 14.3 Å². The van der Waals surface area contributed by atoms with Crippen molar-refractivity contribution in [1.29, 1.82) is 0 Å². The van der Waals surface area contributed by atoms with E-state index in [0.717, 1.165) is 17.3 Å². The molecule has 0 aromatic carbocycles. The molecule has 0 N–H and O–H groups in total. The van der Waals surface area contributed by atoms with E-state index in [0.29, 0.717) is 4.90 Å². The number of hydrogen-bond donors (Lipinski definition) is 0. The van der Waals surface area contributed by atoms with Crippen LogP contribution in [0.1, 0.15) is 19.6 Å². The molecule has 3 amide bonds. The quantitative estimate of drug-likeness (QED) is 0.295. The molecule has 1 saturated heterocycles. The van der Waals surface area contributed by atoms with Gasteiger partial charge in [0.1, 0.15) is 11.5 Å². The van der Waals surface area contributed by atoms with Gasteiger partial charge in [-0.1, -0.05) is 13.8 Å². The topological polar surface area (TPSA) is 149 Å². The standard InChI is InChI=1S/C13H14N4O7/c1-7(2)11(12(19)20)16-9(18)6-15(13(16)21)14-5-8-3-4-10(24-8)17(22)23/h3-5,7,11H,6H2,1-2H3,(H,19,20)/p-1. The van der Waals surface area contributed by atoms with Crippen molar-refractivity contribution in [3.05, 3.63) is 28.0 Å². The van der Waals surface area contributed by atoms with Crippen molar-refractivity contribution in [1.82, 2.24) is 9.91 Å². The van der Waals surface area contributed by atoms with Crippen LogP contribution >= 0.6 is 0 Å². The maximum Gasteiger partial charge on any atom is 0.433 e. The van der Waals surface area contributed by atoms with E-state index in [1.807, 2.05) is 0 Å². The number of nitro groups is 1. The maximum absolute atomic E-state index is 12.2. The zero-order chi connectivity index (χ0) is 18.0. The second kappa shape index (κ2) is 6.48. The minimum Gasteiger partial charge on any atom is -0.548 e. The number of aliphatic carboxylic acids is 1. The number of nitrogens with zero attached hydrogens (tertiary/aromatic N) is 4. The van der Waals surface area contributed by atoms with Crippen LogP contribution in [0.15, 0.2) is 21.7 Å². The fourth-order valence-corrected chi connectivity index (χ4v) is 2.18. The molecule has 1 atom stereocenters. The predicted molar refractivity (Wildman–Crippen MR) is 75.5 cm³/mol. The lowest BCUT2D eigenvalue weighted by Gasteiger charge is -2.29. The Kier molecular flexibility index (Phi) is 4.62. The minimum absolute atomic E-state index is 0.000657. The SMILES string of the molecule is CC(C)C(C(=O)[O-])N1C(=O)CN(N=Cc2ccc([N+](=O)[O-])o2)C1=O. The van der Waals surface area contributed by atoms with E-state index in [1.165, 1.54) is 19.9 Å². The summed E-state index contributed by atoms with van der Waals surface area (Å²) in [5, 5.41) is 26.1. The van der Waals surface area contributed by atoms with E-state index >= 15 is 0 Å². The molecule has 11 nitrogen and oxygen atoms in total. The van der Waals surface area contributed by atoms with Crippen LogP contribution in [0.25, 0.3) is 0 Å². The molecular weight excluding hydrogens is 324 g/mol. The minimum atomic E-state index is -1.54. The van der Waals surface area contributed by atoms with E-state index in [1.54, 1.807) is 0 Å². The maximum atomic E-state index is 12.2. The van der Waals surface area contributed by atoms with Gasteiger partial charge in [0.15, 0.2) is 5.76 Å². The number of amides is 3. The number of carboxylic acid groups (broad SMARTS) is 1. The zero-order valence-electron chi connectivity index (χ0n) is 12.7. The molecule has 2 heterocycles. The predicted octanol–water partition coefficient (Wildman–Crippen LogP) is -0.440. The summed E-state index contributed by atoms with van der Waals surface area (Å²) in [5.41, 5.74) is 0. The number of carbonyl (C=O) groups is 3. The third-order valence-corrected chi connectivity index (χ3v) is 3.25. The lowest BCUT2D eigenvalue weighted by Crippen LogP contribution is -2.53. The molecule has 1 aromatic heterocycles. The number of urea groups is 1. The highest BCUT2D eigenvalue weighted by Crippen LogP contribution is 2.20. The summed E-state index contributed by atoms with van der Waals surface area (Å²) in [7, 11) is 0. The van der Waals surface area contributed by atoms with E-state index in [9.17, 15) is 29.6 Å². The van der Waals surface area contributed by atoms with Crippen LogP contribution in [-0.2, 0) is 9.59 Å². The normalized spacial score (nSPS) is 16.5. The molecule has 0 bridgehead atoms. The van der Waals surface area contributed by atoms with Gasteiger partial charge in [-0.15, -0.1) is 0 Å². The molecule has 128 valence electrons. The Labute approximate surface area is 135 Å². The summed E-state index contributed by atoms with van der Waals surface area (Å²) in [6.45, 7) is 2.62. The molecule has 1 unspecified atom stereocenters. The molecule has 1 aromatic rings. The third kappa shape index (κ3) is 3.24. The Morgan fingerprint density at radius 3 is 2.58 bits per heavy atom. The Morgan fingerprint density at radius 2 is 2.08 bits per heavy atom. The molecule has 0 spiro atoms. The monoisotopic (exact) mass is 337 g/mol. The summed E-state index contributed by atoms with van der Waals surface area (Å²) in [6.07, 6.45) is 1.02. The van der Waals surface area contributed by atoms with Crippen LogP contribution in [0.2, 0.25) is 0 Å². The van der Waals surface area contributed by atoms with Crippen LogP contribution in [0.5, 0.6) is 0 Å².